The first-order valence-electron chi connectivity index (χ1n) is 5.96. The number of carboxylic acid groups (broad SMARTS) is 1. The van der Waals surface area contributed by atoms with Crippen LogP contribution in [-0.2, 0) is 9.59 Å². The molecular weight excluding hydrogens is 381 g/mol. The Bertz CT molecular complexity index is 521. The molecule has 2 N–H and O–H groups in total. The zero-order valence-corrected chi connectivity index (χ0v) is 12.9. The monoisotopic (exact) mass is 393 g/mol. The van der Waals surface area contributed by atoms with Crippen molar-refractivity contribution >= 4 is 51.8 Å². The summed E-state index contributed by atoms with van der Waals surface area (Å²) in [6.45, 7) is 0. The molecule has 0 spiro atoms. The number of rotatable bonds is 3. The standard InChI is InChI=1S/C13H13ClINO3/c14-9-3-4-11(10(15)6-9)16-12(17)7-1-2-8(5-7)13(18)19/h3-4,6-8H,1-2,5H2,(H,16,17)(H,18,19)/t7-,8+/m1/s1. The average Bonchev–Trinajstić information content (AvgIpc) is 2.82. The van der Waals surface area contributed by atoms with Crippen molar-refractivity contribution in [2.45, 2.75) is 19.3 Å². The summed E-state index contributed by atoms with van der Waals surface area (Å²) in [5.41, 5.74) is 0.716. The lowest BCUT2D eigenvalue weighted by Crippen LogP contribution is -2.22. The van der Waals surface area contributed by atoms with Crippen molar-refractivity contribution in [2.24, 2.45) is 11.8 Å². The highest BCUT2D eigenvalue weighted by Crippen LogP contribution is 2.32. The summed E-state index contributed by atoms with van der Waals surface area (Å²) in [5.74, 6) is -1.52. The molecular formula is C13H13ClINO3. The lowest BCUT2D eigenvalue weighted by Gasteiger charge is -2.12. The van der Waals surface area contributed by atoms with E-state index in [0.29, 0.717) is 30.0 Å². The molecule has 0 aliphatic heterocycles. The largest absolute Gasteiger partial charge is 0.481 e. The second-order valence-electron chi connectivity index (χ2n) is 4.66. The van der Waals surface area contributed by atoms with E-state index in [4.69, 9.17) is 16.7 Å². The molecule has 2 atom stereocenters. The van der Waals surface area contributed by atoms with E-state index in [1.165, 1.54) is 0 Å². The molecule has 1 amide bonds. The summed E-state index contributed by atoms with van der Waals surface area (Å²) in [6.07, 6.45) is 1.63. The van der Waals surface area contributed by atoms with Crippen LogP contribution in [0.5, 0.6) is 0 Å². The third kappa shape index (κ3) is 3.60. The first kappa shape index (κ1) is 14.6. The maximum atomic E-state index is 12.1. The van der Waals surface area contributed by atoms with Gasteiger partial charge in [0.1, 0.15) is 0 Å². The predicted octanol–water partition coefficient (Wildman–Crippen LogP) is 3.38. The molecule has 0 radical (unpaired) electrons. The Morgan fingerprint density at radius 1 is 1.32 bits per heavy atom. The van der Waals surface area contributed by atoms with Crippen LogP contribution in [0.2, 0.25) is 5.02 Å². The third-order valence-corrected chi connectivity index (χ3v) is 4.47. The molecule has 1 aliphatic carbocycles. The van der Waals surface area contributed by atoms with E-state index in [1.807, 2.05) is 0 Å². The van der Waals surface area contributed by atoms with E-state index in [2.05, 4.69) is 27.9 Å². The molecule has 1 fully saturated rings. The maximum Gasteiger partial charge on any atom is 0.306 e. The molecule has 1 aliphatic rings. The van der Waals surface area contributed by atoms with Gasteiger partial charge in [-0.05, 0) is 60.1 Å². The van der Waals surface area contributed by atoms with Crippen LogP contribution in [0.4, 0.5) is 5.69 Å². The molecule has 0 bridgehead atoms. The highest BCUT2D eigenvalue weighted by molar-refractivity contribution is 14.1. The predicted molar refractivity (Wildman–Crippen MR) is 81.3 cm³/mol. The van der Waals surface area contributed by atoms with Crippen LogP contribution in [0.25, 0.3) is 0 Å². The van der Waals surface area contributed by atoms with Gasteiger partial charge in [-0.1, -0.05) is 11.6 Å². The average molecular weight is 394 g/mol. The molecule has 4 nitrogen and oxygen atoms in total. The summed E-state index contributed by atoms with van der Waals surface area (Å²) in [7, 11) is 0. The Morgan fingerprint density at radius 2 is 2.00 bits per heavy atom. The Hall–Kier alpha value is -0.820. The number of hydrogen-bond acceptors (Lipinski definition) is 2. The molecule has 2 rings (SSSR count). The number of anilines is 1. The third-order valence-electron chi connectivity index (χ3n) is 3.34. The minimum absolute atomic E-state index is 0.107. The van der Waals surface area contributed by atoms with Crippen LogP contribution in [-0.4, -0.2) is 17.0 Å². The first-order valence-corrected chi connectivity index (χ1v) is 7.41. The minimum atomic E-state index is -0.809. The van der Waals surface area contributed by atoms with Gasteiger partial charge in [0.05, 0.1) is 11.6 Å². The Kier molecular flexibility index (Phi) is 4.67. The number of carboxylic acids is 1. The Morgan fingerprint density at radius 3 is 2.58 bits per heavy atom. The number of halogens is 2. The van der Waals surface area contributed by atoms with E-state index in [0.717, 1.165) is 3.57 Å². The van der Waals surface area contributed by atoms with Crippen molar-refractivity contribution in [3.05, 3.63) is 26.8 Å². The molecule has 1 aromatic rings. The zero-order chi connectivity index (χ0) is 14.0. The van der Waals surface area contributed by atoms with Gasteiger partial charge in [0, 0.05) is 14.5 Å². The number of carbonyl (C=O) groups excluding carboxylic acids is 1. The lowest BCUT2D eigenvalue weighted by molar-refractivity contribution is -0.141. The van der Waals surface area contributed by atoms with Crippen LogP contribution in [0, 0.1) is 15.4 Å². The van der Waals surface area contributed by atoms with Crippen LogP contribution in [0.3, 0.4) is 0 Å². The molecule has 0 heterocycles. The molecule has 1 saturated carbocycles. The number of hydrogen-bond donors (Lipinski definition) is 2. The van der Waals surface area contributed by atoms with Crippen molar-refractivity contribution in [2.75, 3.05) is 5.32 Å². The van der Waals surface area contributed by atoms with Gasteiger partial charge >= 0.3 is 5.97 Å². The molecule has 0 aromatic heterocycles. The summed E-state index contributed by atoms with van der Waals surface area (Å²) < 4.78 is 0.867. The number of benzene rings is 1. The number of nitrogens with one attached hydrogen (secondary N) is 1. The highest BCUT2D eigenvalue weighted by Gasteiger charge is 2.33. The van der Waals surface area contributed by atoms with E-state index in [1.54, 1.807) is 18.2 Å². The molecule has 19 heavy (non-hydrogen) atoms. The van der Waals surface area contributed by atoms with Gasteiger partial charge in [-0.15, -0.1) is 0 Å². The van der Waals surface area contributed by atoms with E-state index in [9.17, 15) is 9.59 Å². The fraction of sp³-hybridized carbons (Fsp3) is 0.385. The van der Waals surface area contributed by atoms with Gasteiger partial charge in [0.15, 0.2) is 0 Å². The van der Waals surface area contributed by atoms with E-state index >= 15 is 0 Å². The Labute approximate surface area is 129 Å². The number of aliphatic carboxylic acids is 1. The van der Waals surface area contributed by atoms with E-state index < -0.39 is 5.97 Å². The molecule has 1 aromatic carbocycles. The van der Waals surface area contributed by atoms with Crippen LogP contribution >= 0.6 is 34.2 Å². The van der Waals surface area contributed by atoms with Gasteiger partial charge in [-0.25, -0.2) is 0 Å². The Balaban J connectivity index is 2.00. The van der Waals surface area contributed by atoms with Crippen molar-refractivity contribution in [1.82, 2.24) is 0 Å². The summed E-state index contributed by atoms with van der Waals surface area (Å²) >= 11 is 7.96. The SMILES string of the molecule is O=C(O)[C@H]1CC[C@@H](C(=O)Nc2ccc(Cl)cc2I)C1. The summed E-state index contributed by atoms with van der Waals surface area (Å²) in [6, 6.07) is 5.24. The normalized spacial score (nSPS) is 22.2. The smallest absolute Gasteiger partial charge is 0.306 e. The topological polar surface area (TPSA) is 66.4 Å². The quantitative estimate of drug-likeness (QED) is 0.774. The molecule has 102 valence electrons. The molecule has 6 heteroatoms. The highest BCUT2D eigenvalue weighted by atomic mass is 127. The van der Waals surface area contributed by atoms with Gasteiger partial charge in [0.25, 0.3) is 0 Å². The zero-order valence-electron chi connectivity index (χ0n) is 10.0. The van der Waals surface area contributed by atoms with Gasteiger partial charge in [-0.2, -0.15) is 0 Å². The minimum Gasteiger partial charge on any atom is -0.481 e. The van der Waals surface area contributed by atoms with Crippen molar-refractivity contribution in [3.8, 4) is 0 Å². The first-order chi connectivity index (χ1) is 8.97. The van der Waals surface area contributed by atoms with Crippen molar-refractivity contribution in [1.29, 1.82) is 0 Å². The second-order valence-corrected chi connectivity index (χ2v) is 6.26. The summed E-state index contributed by atoms with van der Waals surface area (Å²) in [5, 5.41) is 12.4. The van der Waals surface area contributed by atoms with Crippen LogP contribution in [0.1, 0.15) is 19.3 Å². The van der Waals surface area contributed by atoms with Crippen LogP contribution in [0.15, 0.2) is 18.2 Å². The molecule has 0 saturated heterocycles. The van der Waals surface area contributed by atoms with Gasteiger partial charge in [0.2, 0.25) is 5.91 Å². The van der Waals surface area contributed by atoms with Crippen molar-refractivity contribution in [3.63, 3.8) is 0 Å². The van der Waals surface area contributed by atoms with Crippen molar-refractivity contribution < 1.29 is 14.7 Å². The second kappa shape index (κ2) is 6.09. The maximum absolute atomic E-state index is 12.1. The molecule has 0 unspecified atom stereocenters. The van der Waals surface area contributed by atoms with Crippen LogP contribution < -0.4 is 5.32 Å². The summed E-state index contributed by atoms with van der Waals surface area (Å²) in [4.78, 5) is 23.0. The lowest BCUT2D eigenvalue weighted by atomic mass is 10.0. The fourth-order valence-electron chi connectivity index (χ4n) is 2.27. The van der Waals surface area contributed by atoms with Gasteiger partial charge < -0.3 is 10.4 Å². The van der Waals surface area contributed by atoms with E-state index in [-0.39, 0.29) is 17.7 Å². The van der Waals surface area contributed by atoms with Gasteiger partial charge in [-0.3, -0.25) is 9.59 Å². The fourth-order valence-corrected chi connectivity index (χ4v) is 3.28. The number of amides is 1. The number of carbonyl (C=O) groups is 2.